The van der Waals surface area contributed by atoms with E-state index in [-0.39, 0.29) is 0 Å². The maximum Gasteiger partial charge on any atom is 0.159 e. The van der Waals surface area contributed by atoms with E-state index in [9.17, 15) is 0 Å². The summed E-state index contributed by atoms with van der Waals surface area (Å²) in [6.07, 6.45) is 5.60. The molecule has 1 N–H and O–H groups in total. The van der Waals surface area contributed by atoms with Crippen molar-refractivity contribution in [1.82, 2.24) is 5.32 Å². The zero-order chi connectivity index (χ0) is 9.40. The Kier molecular flexibility index (Phi) is 5.88. The standard InChI is InChI=1S/C8H11NO.C2H6/c1-3-5-8-7(4-2)9-6-10-8;1-2/h3-5,9H,2,6H2,1H3;1-2H3/b5-3-;. The summed E-state index contributed by atoms with van der Waals surface area (Å²) >= 11 is 0. The molecule has 12 heavy (non-hydrogen) atoms. The second-order valence-electron chi connectivity index (χ2n) is 1.95. The average molecular weight is 167 g/mol. The number of rotatable bonds is 2. The molecule has 0 unspecified atom stereocenters. The van der Waals surface area contributed by atoms with Crippen LogP contribution in [0.15, 0.2) is 36.3 Å². The summed E-state index contributed by atoms with van der Waals surface area (Å²) in [6, 6.07) is 0. The van der Waals surface area contributed by atoms with E-state index >= 15 is 0 Å². The molecule has 68 valence electrons. The van der Waals surface area contributed by atoms with Crippen LogP contribution in [-0.2, 0) is 4.74 Å². The minimum atomic E-state index is 0.557. The monoisotopic (exact) mass is 167 g/mol. The van der Waals surface area contributed by atoms with E-state index in [0.717, 1.165) is 11.5 Å². The van der Waals surface area contributed by atoms with Gasteiger partial charge in [-0.2, -0.15) is 0 Å². The van der Waals surface area contributed by atoms with Gasteiger partial charge in [0.15, 0.2) is 6.73 Å². The highest BCUT2D eigenvalue weighted by atomic mass is 16.5. The topological polar surface area (TPSA) is 21.3 Å². The summed E-state index contributed by atoms with van der Waals surface area (Å²) in [6.45, 7) is 10.2. The van der Waals surface area contributed by atoms with Crippen LogP contribution in [0.25, 0.3) is 0 Å². The quantitative estimate of drug-likeness (QED) is 0.682. The van der Waals surface area contributed by atoms with Gasteiger partial charge >= 0.3 is 0 Å². The molecule has 0 aromatic carbocycles. The van der Waals surface area contributed by atoms with Crippen molar-refractivity contribution < 1.29 is 4.74 Å². The zero-order valence-corrected chi connectivity index (χ0v) is 8.05. The molecule has 0 amide bonds. The van der Waals surface area contributed by atoms with Crippen molar-refractivity contribution in [3.8, 4) is 0 Å². The van der Waals surface area contributed by atoms with Crippen molar-refractivity contribution in [3.05, 3.63) is 36.3 Å². The molecule has 0 aromatic heterocycles. The van der Waals surface area contributed by atoms with E-state index in [2.05, 4.69) is 11.9 Å². The van der Waals surface area contributed by atoms with Crippen LogP contribution < -0.4 is 5.32 Å². The first-order valence-electron chi connectivity index (χ1n) is 4.24. The highest BCUT2D eigenvalue weighted by molar-refractivity contribution is 5.28. The van der Waals surface area contributed by atoms with Gasteiger partial charge in [0.2, 0.25) is 0 Å². The molecule has 0 fully saturated rings. The Labute approximate surface area is 74.6 Å². The molecule has 1 aliphatic rings. The van der Waals surface area contributed by atoms with E-state index in [4.69, 9.17) is 4.74 Å². The molecule has 0 aliphatic carbocycles. The fourth-order valence-electron chi connectivity index (χ4n) is 0.818. The lowest BCUT2D eigenvalue weighted by atomic mass is 10.3. The summed E-state index contributed by atoms with van der Waals surface area (Å²) < 4.78 is 5.21. The number of hydrogen-bond donors (Lipinski definition) is 1. The Hall–Kier alpha value is -1.18. The van der Waals surface area contributed by atoms with Gasteiger partial charge in [0, 0.05) is 0 Å². The average Bonchev–Trinajstić information content (AvgIpc) is 2.56. The number of hydrogen-bond acceptors (Lipinski definition) is 2. The minimum absolute atomic E-state index is 0.557. The second-order valence-corrected chi connectivity index (χ2v) is 1.95. The predicted molar refractivity (Wildman–Crippen MR) is 52.5 cm³/mol. The maximum absolute atomic E-state index is 5.21. The molecule has 0 spiro atoms. The van der Waals surface area contributed by atoms with E-state index in [1.54, 1.807) is 6.08 Å². The summed E-state index contributed by atoms with van der Waals surface area (Å²) in [5.74, 6) is 0.873. The first-order valence-corrected chi connectivity index (χ1v) is 4.24. The van der Waals surface area contributed by atoms with Crippen molar-refractivity contribution in [3.63, 3.8) is 0 Å². The fourth-order valence-corrected chi connectivity index (χ4v) is 0.818. The third-order valence-electron chi connectivity index (χ3n) is 1.28. The summed E-state index contributed by atoms with van der Waals surface area (Å²) in [5, 5.41) is 3.03. The lowest BCUT2D eigenvalue weighted by Gasteiger charge is -1.92. The predicted octanol–water partition coefficient (Wildman–Crippen LogP) is 2.56. The normalized spacial score (nSPS) is 14.9. The Balaban J connectivity index is 0.000000561. The van der Waals surface area contributed by atoms with Crippen LogP contribution in [0.1, 0.15) is 20.8 Å². The Bertz CT molecular complexity index is 192. The van der Waals surface area contributed by atoms with Crippen molar-refractivity contribution in [2.45, 2.75) is 20.8 Å². The number of allylic oxidation sites excluding steroid dienone is 3. The lowest BCUT2D eigenvalue weighted by Crippen LogP contribution is -2.05. The first-order chi connectivity index (χ1) is 5.88. The first kappa shape index (κ1) is 10.8. The van der Waals surface area contributed by atoms with Crippen LogP contribution in [0, 0.1) is 0 Å². The van der Waals surface area contributed by atoms with Gasteiger partial charge < -0.3 is 10.1 Å². The molecule has 2 heteroatoms. The third-order valence-corrected chi connectivity index (χ3v) is 1.28. The SMILES string of the molecule is C=CC1=C(/C=C\C)OCN1.CC. The summed E-state index contributed by atoms with van der Waals surface area (Å²) in [4.78, 5) is 0. The smallest absolute Gasteiger partial charge is 0.159 e. The van der Waals surface area contributed by atoms with Crippen LogP contribution in [0.4, 0.5) is 0 Å². The van der Waals surface area contributed by atoms with Gasteiger partial charge in [0.1, 0.15) is 5.76 Å². The molecule has 2 nitrogen and oxygen atoms in total. The summed E-state index contributed by atoms with van der Waals surface area (Å²) in [7, 11) is 0. The molecule has 1 heterocycles. The highest BCUT2D eigenvalue weighted by Gasteiger charge is 2.07. The molecule has 0 bridgehead atoms. The Morgan fingerprint density at radius 3 is 2.67 bits per heavy atom. The van der Waals surface area contributed by atoms with Crippen LogP contribution in [-0.4, -0.2) is 6.73 Å². The molecular formula is C10H17NO. The highest BCUT2D eigenvalue weighted by Crippen LogP contribution is 2.11. The third kappa shape index (κ3) is 2.82. The van der Waals surface area contributed by atoms with Crippen molar-refractivity contribution in [1.29, 1.82) is 0 Å². The Morgan fingerprint density at radius 2 is 2.17 bits per heavy atom. The van der Waals surface area contributed by atoms with Crippen LogP contribution in [0.2, 0.25) is 0 Å². The van der Waals surface area contributed by atoms with Crippen LogP contribution >= 0.6 is 0 Å². The van der Waals surface area contributed by atoms with E-state index < -0.39 is 0 Å². The van der Waals surface area contributed by atoms with Gasteiger partial charge in [0.05, 0.1) is 5.70 Å². The molecule has 0 atom stereocenters. The van der Waals surface area contributed by atoms with E-state index in [1.807, 2.05) is 32.9 Å². The zero-order valence-electron chi connectivity index (χ0n) is 8.05. The largest absolute Gasteiger partial charge is 0.471 e. The van der Waals surface area contributed by atoms with Gasteiger partial charge in [0.25, 0.3) is 0 Å². The van der Waals surface area contributed by atoms with Gasteiger partial charge in [-0.05, 0) is 19.1 Å². The minimum Gasteiger partial charge on any atom is -0.471 e. The van der Waals surface area contributed by atoms with Crippen molar-refractivity contribution in [2.75, 3.05) is 6.73 Å². The van der Waals surface area contributed by atoms with Crippen LogP contribution in [0.3, 0.4) is 0 Å². The second kappa shape index (κ2) is 6.53. The lowest BCUT2D eigenvalue weighted by molar-refractivity contribution is 0.244. The molecular weight excluding hydrogens is 150 g/mol. The van der Waals surface area contributed by atoms with Gasteiger partial charge in [-0.25, -0.2) is 0 Å². The van der Waals surface area contributed by atoms with Crippen molar-refractivity contribution >= 4 is 0 Å². The summed E-state index contributed by atoms with van der Waals surface area (Å²) in [5.41, 5.74) is 0.970. The molecule has 0 saturated heterocycles. The van der Waals surface area contributed by atoms with Gasteiger partial charge in [-0.3, -0.25) is 0 Å². The Morgan fingerprint density at radius 1 is 1.50 bits per heavy atom. The van der Waals surface area contributed by atoms with Crippen molar-refractivity contribution in [2.24, 2.45) is 0 Å². The number of ether oxygens (including phenoxy) is 1. The fraction of sp³-hybridized carbons (Fsp3) is 0.400. The molecule has 1 aliphatic heterocycles. The van der Waals surface area contributed by atoms with Crippen LogP contribution in [0.5, 0.6) is 0 Å². The van der Waals surface area contributed by atoms with E-state index in [0.29, 0.717) is 6.73 Å². The molecule has 0 radical (unpaired) electrons. The maximum atomic E-state index is 5.21. The van der Waals surface area contributed by atoms with Gasteiger partial charge in [-0.15, -0.1) is 0 Å². The van der Waals surface area contributed by atoms with Gasteiger partial charge in [-0.1, -0.05) is 26.5 Å². The molecule has 1 rings (SSSR count). The number of nitrogens with one attached hydrogen (secondary N) is 1. The van der Waals surface area contributed by atoms with E-state index in [1.165, 1.54) is 0 Å². The molecule has 0 saturated carbocycles. The molecule has 0 aromatic rings.